The molecule has 0 fully saturated rings. The van der Waals surface area contributed by atoms with E-state index in [9.17, 15) is 4.79 Å². The predicted molar refractivity (Wildman–Crippen MR) is 114 cm³/mol. The number of aromatic nitrogens is 2. The maximum atomic E-state index is 13.0. The molecule has 3 rings (SSSR count). The molecule has 3 aromatic rings. The highest BCUT2D eigenvalue weighted by Gasteiger charge is 2.19. The minimum atomic E-state index is -0.121. The van der Waals surface area contributed by atoms with Crippen molar-refractivity contribution in [2.24, 2.45) is 0 Å². The van der Waals surface area contributed by atoms with Crippen molar-refractivity contribution in [1.82, 2.24) is 15.0 Å². The first-order valence-corrected chi connectivity index (χ1v) is 9.49. The Labute approximate surface area is 175 Å². The molecule has 0 N–H and O–H groups in total. The van der Waals surface area contributed by atoms with Gasteiger partial charge in [0.2, 0.25) is 11.7 Å². The quantitative estimate of drug-likeness (QED) is 0.521. The lowest BCUT2D eigenvalue weighted by atomic mass is 10.1. The van der Waals surface area contributed by atoms with Crippen LogP contribution in [0.2, 0.25) is 0 Å². The lowest BCUT2D eigenvalue weighted by Crippen LogP contribution is -2.31. The van der Waals surface area contributed by atoms with Crippen molar-refractivity contribution in [2.75, 3.05) is 20.8 Å². The summed E-state index contributed by atoms with van der Waals surface area (Å²) in [6.07, 6.45) is 1.67. The maximum absolute atomic E-state index is 13.0. The Hall–Kier alpha value is -3.61. The van der Waals surface area contributed by atoms with Crippen molar-refractivity contribution in [3.8, 4) is 22.9 Å². The average molecular weight is 407 g/mol. The number of ether oxygens (including phenoxy) is 2. The van der Waals surface area contributed by atoms with Gasteiger partial charge in [-0.3, -0.25) is 4.79 Å². The van der Waals surface area contributed by atoms with Crippen molar-refractivity contribution in [1.29, 1.82) is 0 Å². The van der Waals surface area contributed by atoms with E-state index in [2.05, 4.69) is 16.7 Å². The summed E-state index contributed by atoms with van der Waals surface area (Å²) in [6, 6.07) is 11.0. The van der Waals surface area contributed by atoms with Gasteiger partial charge in [0.25, 0.3) is 5.91 Å². The highest BCUT2D eigenvalue weighted by molar-refractivity contribution is 5.94. The third kappa shape index (κ3) is 4.51. The fourth-order valence-corrected chi connectivity index (χ4v) is 3.01. The van der Waals surface area contributed by atoms with Crippen molar-refractivity contribution in [2.45, 2.75) is 20.4 Å². The Morgan fingerprint density at radius 3 is 2.53 bits per heavy atom. The zero-order valence-electron chi connectivity index (χ0n) is 17.6. The second kappa shape index (κ2) is 9.26. The van der Waals surface area contributed by atoms with Crippen LogP contribution < -0.4 is 9.47 Å². The van der Waals surface area contributed by atoms with E-state index in [1.165, 1.54) is 0 Å². The summed E-state index contributed by atoms with van der Waals surface area (Å²) < 4.78 is 16.0. The molecule has 7 nitrogen and oxygen atoms in total. The predicted octanol–water partition coefficient (Wildman–Crippen LogP) is 4.20. The van der Waals surface area contributed by atoms with Gasteiger partial charge in [0.1, 0.15) is 6.54 Å². The van der Waals surface area contributed by atoms with Crippen LogP contribution in [0, 0.1) is 13.8 Å². The summed E-state index contributed by atoms with van der Waals surface area (Å²) in [5.41, 5.74) is 3.53. The molecule has 2 aromatic carbocycles. The smallest absolute Gasteiger partial charge is 0.254 e. The van der Waals surface area contributed by atoms with Crippen LogP contribution in [0.3, 0.4) is 0 Å². The molecule has 30 heavy (non-hydrogen) atoms. The fourth-order valence-electron chi connectivity index (χ4n) is 3.01. The van der Waals surface area contributed by atoms with Gasteiger partial charge in [-0.25, -0.2) is 0 Å². The molecule has 0 aliphatic rings. The van der Waals surface area contributed by atoms with E-state index in [1.54, 1.807) is 37.3 Å². The van der Waals surface area contributed by atoms with Crippen LogP contribution in [0.25, 0.3) is 11.4 Å². The fraction of sp³-hybridized carbons (Fsp3) is 0.261. The first-order valence-electron chi connectivity index (χ1n) is 9.49. The molecular formula is C23H25N3O4. The van der Waals surface area contributed by atoms with E-state index in [0.29, 0.717) is 35.3 Å². The number of hydrogen-bond donors (Lipinski definition) is 0. The van der Waals surface area contributed by atoms with Gasteiger partial charge in [-0.1, -0.05) is 17.3 Å². The number of aryl methyl sites for hydroxylation is 2. The van der Waals surface area contributed by atoms with Crippen LogP contribution in [-0.4, -0.2) is 41.7 Å². The van der Waals surface area contributed by atoms with Gasteiger partial charge < -0.3 is 18.9 Å². The molecule has 0 unspecified atom stereocenters. The molecular weight excluding hydrogens is 382 g/mol. The minimum absolute atomic E-state index is 0.121. The first-order chi connectivity index (χ1) is 14.5. The molecule has 0 aliphatic heterocycles. The summed E-state index contributed by atoms with van der Waals surface area (Å²) >= 11 is 0. The molecule has 0 spiro atoms. The van der Waals surface area contributed by atoms with E-state index in [0.717, 1.165) is 16.7 Å². The Morgan fingerprint density at radius 1 is 1.10 bits per heavy atom. The van der Waals surface area contributed by atoms with Crippen LogP contribution in [0.15, 0.2) is 53.6 Å². The van der Waals surface area contributed by atoms with E-state index in [-0.39, 0.29) is 12.5 Å². The van der Waals surface area contributed by atoms with Crippen LogP contribution in [-0.2, 0) is 6.54 Å². The Kier molecular flexibility index (Phi) is 6.51. The number of carbonyl (C=O) groups excluding carboxylic acids is 1. The molecule has 0 saturated heterocycles. The molecule has 7 heteroatoms. The second-order valence-electron chi connectivity index (χ2n) is 6.85. The van der Waals surface area contributed by atoms with Crippen LogP contribution in [0.4, 0.5) is 0 Å². The van der Waals surface area contributed by atoms with Crippen molar-refractivity contribution in [3.05, 3.63) is 71.6 Å². The van der Waals surface area contributed by atoms with E-state index in [1.807, 2.05) is 38.1 Å². The number of benzene rings is 2. The van der Waals surface area contributed by atoms with E-state index >= 15 is 0 Å². The van der Waals surface area contributed by atoms with Gasteiger partial charge in [-0.2, -0.15) is 4.98 Å². The molecule has 0 aliphatic carbocycles. The standard InChI is InChI=1S/C23H25N3O4/c1-6-11-26(23(27)18-8-7-15(2)16(3)12-18)14-21-24-22(25-30-21)17-9-10-19(28-4)20(13-17)29-5/h6-10,12-13H,1,11,14H2,2-5H3. The van der Waals surface area contributed by atoms with Gasteiger partial charge >= 0.3 is 0 Å². The number of hydrogen-bond acceptors (Lipinski definition) is 6. The number of nitrogens with zero attached hydrogens (tertiary/aromatic N) is 3. The second-order valence-corrected chi connectivity index (χ2v) is 6.85. The Balaban J connectivity index is 1.82. The van der Waals surface area contributed by atoms with Crippen molar-refractivity contribution >= 4 is 5.91 Å². The molecule has 1 heterocycles. The van der Waals surface area contributed by atoms with E-state index in [4.69, 9.17) is 14.0 Å². The van der Waals surface area contributed by atoms with Crippen LogP contribution in [0.1, 0.15) is 27.4 Å². The monoisotopic (exact) mass is 407 g/mol. The zero-order chi connectivity index (χ0) is 21.7. The number of carbonyl (C=O) groups is 1. The van der Waals surface area contributed by atoms with Gasteiger partial charge in [-0.15, -0.1) is 6.58 Å². The first kappa shape index (κ1) is 21.1. The molecule has 1 amide bonds. The normalized spacial score (nSPS) is 10.5. The molecule has 0 bridgehead atoms. The molecule has 0 saturated carbocycles. The minimum Gasteiger partial charge on any atom is -0.493 e. The number of rotatable bonds is 8. The van der Waals surface area contributed by atoms with Gasteiger partial charge in [0.15, 0.2) is 11.5 Å². The topological polar surface area (TPSA) is 77.7 Å². The molecule has 0 radical (unpaired) electrons. The lowest BCUT2D eigenvalue weighted by Gasteiger charge is -2.19. The van der Waals surface area contributed by atoms with Gasteiger partial charge in [0, 0.05) is 17.7 Å². The van der Waals surface area contributed by atoms with E-state index < -0.39 is 0 Å². The summed E-state index contributed by atoms with van der Waals surface area (Å²) in [5.74, 6) is 1.80. The Bertz CT molecular complexity index is 1060. The van der Waals surface area contributed by atoms with Gasteiger partial charge in [0.05, 0.1) is 14.2 Å². The molecule has 0 atom stereocenters. The highest BCUT2D eigenvalue weighted by atomic mass is 16.5. The SMILES string of the molecule is C=CCN(Cc1nc(-c2ccc(OC)c(OC)c2)no1)C(=O)c1ccc(C)c(C)c1. The average Bonchev–Trinajstić information content (AvgIpc) is 3.23. The summed E-state index contributed by atoms with van der Waals surface area (Å²) in [5, 5.41) is 4.04. The number of methoxy groups -OCH3 is 2. The number of amides is 1. The third-order valence-electron chi connectivity index (χ3n) is 4.83. The van der Waals surface area contributed by atoms with Crippen molar-refractivity contribution < 1.29 is 18.8 Å². The lowest BCUT2D eigenvalue weighted by molar-refractivity contribution is 0.0745. The van der Waals surface area contributed by atoms with Crippen LogP contribution in [0.5, 0.6) is 11.5 Å². The molecule has 156 valence electrons. The summed E-state index contributed by atoms with van der Waals surface area (Å²) in [4.78, 5) is 19.0. The third-order valence-corrected chi connectivity index (χ3v) is 4.83. The van der Waals surface area contributed by atoms with Crippen molar-refractivity contribution in [3.63, 3.8) is 0 Å². The largest absolute Gasteiger partial charge is 0.493 e. The molecule has 1 aromatic heterocycles. The maximum Gasteiger partial charge on any atom is 0.254 e. The van der Waals surface area contributed by atoms with Crippen LogP contribution >= 0.6 is 0 Å². The highest BCUT2D eigenvalue weighted by Crippen LogP contribution is 2.31. The van der Waals surface area contributed by atoms with Gasteiger partial charge in [-0.05, 0) is 55.3 Å². The zero-order valence-corrected chi connectivity index (χ0v) is 17.6. The Morgan fingerprint density at radius 2 is 1.87 bits per heavy atom. The summed E-state index contributed by atoms with van der Waals surface area (Å²) in [7, 11) is 3.14. The summed E-state index contributed by atoms with van der Waals surface area (Å²) in [6.45, 7) is 8.29.